The lowest BCUT2D eigenvalue weighted by atomic mass is 10.2. The average Bonchev–Trinajstić information content (AvgIpc) is 3.09. The Kier molecular flexibility index (Phi) is 5.46. The molecular formula is C15H19Cl3N2O2S. The standard InChI is InChI=1S/C15H19Cl3N2O2S/c16-11-8-13(17)15(14(18)9-11)23(21,22)20-7-3-4-12(20)10-19-5-1-2-6-19/h8-9,12H,1-7,10H2. The van der Waals surface area contributed by atoms with Gasteiger partial charge in [-0.1, -0.05) is 34.8 Å². The van der Waals surface area contributed by atoms with Crippen molar-refractivity contribution in [2.75, 3.05) is 26.2 Å². The van der Waals surface area contributed by atoms with E-state index in [0.717, 1.165) is 32.5 Å². The molecule has 1 aromatic carbocycles. The Hall–Kier alpha value is -0.0400. The first-order valence-electron chi connectivity index (χ1n) is 7.78. The van der Waals surface area contributed by atoms with Crippen LogP contribution in [0.3, 0.4) is 0 Å². The van der Waals surface area contributed by atoms with Crippen LogP contribution in [-0.2, 0) is 10.0 Å². The quantitative estimate of drug-likeness (QED) is 0.774. The van der Waals surface area contributed by atoms with Crippen molar-refractivity contribution in [1.29, 1.82) is 0 Å². The molecule has 2 aliphatic rings. The van der Waals surface area contributed by atoms with Gasteiger partial charge in [-0.3, -0.25) is 0 Å². The van der Waals surface area contributed by atoms with Gasteiger partial charge in [0.15, 0.2) is 0 Å². The Morgan fingerprint density at radius 1 is 1.00 bits per heavy atom. The number of hydrogen-bond acceptors (Lipinski definition) is 3. The van der Waals surface area contributed by atoms with Gasteiger partial charge in [-0.15, -0.1) is 0 Å². The number of benzene rings is 1. The number of hydrogen-bond donors (Lipinski definition) is 0. The second kappa shape index (κ2) is 7.06. The van der Waals surface area contributed by atoms with Crippen LogP contribution in [0.5, 0.6) is 0 Å². The van der Waals surface area contributed by atoms with Gasteiger partial charge < -0.3 is 4.90 Å². The summed E-state index contributed by atoms with van der Waals surface area (Å²) in [6.07, 6.45) is 4.11. The molecule has 0 bridgehead atoms. The summed E-state index contributed by atoms with van der Waals surface area (Å²) in [6.45, 7) is 3.39. The second-order valence-electron chi connectivity index (χ2n) is 6.12. The summed E-state index contributed by atoms with van der Waals surface area (Å²) in [7, 11) is -3.72. The Balaban J connectivity index is 1.89. The molecule has 23 heavy (non-hydrogen) atoms. The fraction of sp³-hybridized carbons (Fsp3) is 0.600. The van der Waals surface area contributed by atoms with Gasteiger partial charge in [-0.05, 0) is 50.9 Å². The van der Waals surface area contributed by atoms with Gasteiger partial charge in [0.2, 0.25) is 10.0 Å². The van der Waals surface area contributed by atoms with Crippen molar-refractivity contribution < 1.29 is 8.42 Å². The van der Waals surface area contributed by atoms with Gasteiger partial charge in [0.25, 0.3) is 0 Å². The monoisotopic (exact) mass is 396 g/mol. The van der Waals surface area contributed by atoms with E-state index in [1.807, 2.05) is 0 Å². The van der Waals surface area contributed by atoms with Crippen molar-refractivity contribution in [3.8, 4) is 0 Å². The highest BCUT2D eigenvalue weighted by atomic mass is 35.5. The van der Waals surface area contributed by atoms with E-state index in [9.17, 15) is 8.42 Å². The predicted octanol–water partition coefficient (Wildman–Crippen LogP) is 3.90. The molecule has 0 aromatic heterocycles. The topological polar surface area (TPSA) is 40.6 Å². The maximum absolute atomic E-state index is 13.1. The molecule has 2 saturated heterocycles. The van der Waals surface area contributed by atoms with Crippen molar-refractivity contribution in [2.45, 2.75) is 36.6 Å². The molecule has 0 radical (unpaired) electrons. The van der Waals surface area contributed by atoms with Crippen LogP contribution in [0.1, 0.15) is 25.7 Å². The first kappa shape index (κ1) is 17.8. The highest BCUT2D eigenvalue weighted by Crippen LogP contribution is 2.37. The Labute approximate surface area is 152 Å². The van der Waals surface area contributed by atoms with Crippen LogP contribution in [-0.4, -0.2) is 49.8 Å². The summed E-state index contributed by atoms with van der Waals surface area (Å²) in [5.41, 5.74) is 0. The highest BCUT2D eigenvalue weighted by molar-refractivity contribution is 7.89. The molecule has 0 N–H and O–H groups in total. The molecule has 1 unspecified atom stereocenters. The summed E-state index contributed by atoms with van der Waals surface area (Å²) in [6, 6.07) is 2.84. The van der Waals surface area contributed by atoms with Crippen molar-refractivity contribution in [3.63, 3.8) is 0 Å². The molecule has 4 nitrogen and oxygen atoms in total. The molecule has 2 fully saturated rings. The summed E-state index contributed by atoms with van der Waals surface area (Å²) in [5, 5.41) is 0.484. The summed E-state index contributed by atoms with van der Waals surface area (Å²) in [5.74, 6) is 0. The normalized spacial score (nSPS) is 23.7. The van der Waals surface area contributed by atoms with E-state index in [2.05, 4.69) is 4.90 Å². The zero-order valence-corrected chi connectivity index (χ0v) is 15.7. The van der Waals surface area contributed by atoms with Crippen molar-refractivity contribution in [3.05, 3.63) is 27.2 Å². The second-order valence-corrected chi connectivity index (χ2v) is 9.20. The molecule has 1 aromatic rings. The highest BCUT2D eigenvalue weighted by Gasteiger charge is 2.38. The van der Waals surface area contributed by atoms with Crippen molar-refractivity contribution in [1.82, 2.24) is 9.21 Å². The lowest BCUT2D eigenvalue weighted by molar-refractivity contribution is 0.257. The van der Waals surface area contributed by atoms with Gasteiger partial charge in [0.05, 0.1) is 10.0 Å². The smallest absolute Gasteiger partial charge is 0.246 e. The maximum atomic E-state index is 13.1. The molecule has 0 amide bonds. The third-order valence-corrected chi connectivity index (χ3v) is 7.61. The Morgan fingerprint density at radius 3 is 2.22 bits per heavy atom. The Morgan fingerprint density at radius 2 is 1.61 bits per heavy atom. The minimum Gasteiger partial charge on any atom is -0.302 e. The van der Waals surface area contributed by atoms with Crippen LogP contribution < -0.4 is 0 Å². The van der Waals surface area contributed by atoms with Crippen molar-refractivity contribution in [2.24, 2.45) is 0 Å². The number of sulfonamides is 1. The first-order chi connectivity index (χ1) is 10.9. The molecule has 8 heteroatoms. The van der Waals surface area contributed by atoms with Crippen LogP contribution >= 0.6 is 34.8 Å². The van der Waals surface area contributed by atoms with E-state index in [1.165, 1.54) is 25.0 Å². The van der Waals surface area contributed by atoms with Crippen LogP contribution in [0, 0.1) is 0 Å². The van der Waals surface area contributed by atoms with E-state index < -0.39 is 10.0 Å². The number of halogens is 3. The third kappa shape index (κ3) is 3.65. The van der Waals surface area contributed by atoms with Gasteiger partial charge >= 0.3 is 0 Å². The van der Waals surface area contributed by atoms with Crippen LogP contribution in [0.2, 0.25) is 15.1 Å². The number of nitrogens with zero attached hydrogens (tertiary/aromatic N) is 2. The summed E-state index contributed by atoms with van der Waals surface area (Å²) in [4.78, 5) is 2.31. The van der Waals surface area contributed by atoms with E-state index in [0.29, 0.717) is 11.6 Å². The summed E-state index contributed by atoms with van der Waals surface area (Å²) >= 11 is 18.2. The third-order valence-electron chi connectivity index (χ3n) is 4.52. The zero-order chi connectivity index (χ0) is 16.6. The van der Waals surface area contributed by atoms with Gasteiger partial charge in [-0.25, -0.2) is 8.42 Å². The van der Waals surface area contributed by atoms with E-state index in [4.69, 9.17) is 34.8 Å². The molecule has 128 valence electrons. The van der Waals surface area contributed by atoms with Crippen LogP contribution in [0.4, 0.5) is 0 Å². The maximum Gasteiger partial charge on any atom is 0.246 e. The Bertz CT molecular complexity index is 667. The van der Waals surface area contributed by atoms with E-state index in [1.54, 1.807) is 4.31 Å². The van der Waals surface area contributed by atoms with E-state index in [-0.39, 0.29) is 21.0 Å². The molecular weight excluding hydrogens is 379 g/mol. The molecule has 0 aliphatic carbocycles. The van der Waals surface area contributed by atoms with Gasteiger partial charge in [-0.2, -0.15) is 4.31 Å². The fourth-order valence-corrected chi connectivity index (χ4v) is 6.65. The largest absolute Gasteiger partial charge is 0.302 e. The zero-order valence-electron chi connectivity index (χ0n) is 12.6. The minimum atomic E-state index is -3.72. The lowest BCUT2D eigenvalue weighted by Gasteiger charge is -2.28. The SMILES string of the molecule is O=S(=O)(c1c(Cl)cc(Cl)cc1Cl)N1CCCC1CN1CCCC1. The summed E-state index contributed by atoms with van der Waals surface area (Å²) < 4.78 is 27.7. The molecule has 0 saturated carbocycles. The molecule has 2 aliphatic heterocycles. The molecule has 2 heterocycles. The van der Waals surface area contributed by atoms with E-state index >= 15 is 0 Å². The average molecular weight is 398 g/mol. The predicted molar refractivity (Wildman–Crippen MR) is 94.1 cm³/mol. The molecule has 3 rings (SSSR count). The fourth-order valence-electron chi connectivity index (χ4n) is 3.46. The minimum absolute atomic E-state index is 0.0130. The van der Waals surface area contributed by atoms with Crippen molar-refractivity contribution >= 4 is 44.8 Å². The van der Waals surface area contributed by atoms with Gasteiger partial charge in [0.1, 0.15) is 4.90 Å². The molecule has 1 atom stereocenters. The first-order valence-corrected chi connectivity index (χ1v) is 10.4. The number of likely N-dealkylation sites (tertiary alicyclic amines) is 1. The van der Waals surface area contributed by atoms with Crippen LogP contribution in [0.25, 0.3) is 0 Å². The lowest BCUT2D eigenvalue weighted by Crippen LogP contribution is -2.42. The van der Waals surface area contributed by atoms with Crippen LogP contribution in [0.15, 0.2) is 17.0 Å². The number of rotatable bonds is 4. The van der Waals surface area contributed by atoms with Gasteiger partial charge in [0, 0.05) is 24.2 Å². The molecule has 0 spiro atoms.